The van der Waals surface area contributed by atoms with E-state index in [1.807, 2.05) is 30.3 Å². The Kier molecular flexibility index (Phi) is 2.65. The highest BCUT2D eigenvalue weighted by atomic mass is 32.2. The van der Waals surface area contributed by atoms with Gasteiger partial charge in [0.25, 0.3) is 0 Å². The molecule has 0 saturated heterocycles. The predicted molar refractivity (Wildman–Crippen MR) is 57.0 cm³/mol. The van der Waals surface area contributed by atoms with Gasteiger partial charge in [-0.3, -0.25) is 0 Å². The Morgan fingerprint density at radius 3 is 2.29 bits per heavy atom. The molecule has 14 heavy (non-hydrogen) atoms. The van der Waals surface area contributed by atoms with Gasteiger partial charge in [0.2, 0.25) is 0 Å². The fraction of sp³-hybridized carbons (Fsp3) is 0. The molecular weight excluding hydrogens is 194 g/mol. The van der Waals surface area contributed by atoms with E-state index in [-0.39, 0.29) is 0 Å². The molecule has 0 atom stereocenters. The average molecular weight is 203 g/mol. The molecule has 0 amide bonds. The first-order chi connectivity index (χ1) is 6.84. The molecule has 1 aromatic heterocycles. The van der Waals surface area contributed by atoms with Crippen molar-refractivity contribution >= 4 is 17.4 Å². The molecule has 0 saturated carbocycles. The summed E-state index contributed by atoms with van der Waals surface area (Å²) in [5, 5.41) is 0.713. The third-order valence-corrected chi connectivity index (χ3v) is 2.50. The predicted octanol–water partition coefficient (Wildman–Crippen LogP) is 2.21. The Morgan fingerprint density at radius 2 is 1.64 bits per heavy atom. The molecule has 0 bridgehead atoms. The molecule has 2 N–H and O–H groups in total. The third kappa shape index (κ3) is 2.23. The van der Waals surface area contributed by atoms with Crippen molar-refractivity contribution in [3.8, 4) is 0 Å². The van der Waals surface area contributed by atoms with Gasteiger partial charge in [-0.1, -0.05) is 18.2 Å². The molecule has 1 aromatic carbocycles. The summed E-state index contributed by atoms with van der Waals surface area (Å²) in [6.45, 7) is 0. The lowest BCUT2D eigenvalue weighted by Gasteiger charge is -1.98. The van der Waals surface area contributed by atoms with Gasteiger partial charge in [-0.05, 0) is 23.9 Å². The minimum absolute atomic E-state index is 0.586. The van der Waals surface area contributed by atoms with Gasteiger partial charge in [0.05, 0.1) is 18.1 Å². The van der Waals surface area contributed by atoms with Crippen LogP contribution in [0.2, 0.25) is 0 Å². The number of hydrogen-bond donors (Lipinski definition) is 1. The van der Waals surface area contributed by atoms with E-state index < -0.39 is 0 Å². The summed E-state index contributed by atoms with van der Waals surface area (Å²) < 4.78 is 0. The van der Waals surface area contributed by atoms with Gasteiger partial charge < -0.3 is 5.73 Å². The van der Waals surface area contributed by atoms with Crippen LogP contribution in [-0.2, 0) is 0 Å². The molecular formula is C10H9N3S. The Hall–Kier alpha value is -1.55. The number of rotatable bonds is 2. The van der Waals surface area contributed by atoms with E-state index in [4.69, 9.17) is 5.73 Å². The fourth-order valence-corrected chi connectivity index (χ4v) is 1.69. The fourth-order valence-electron chi connectivity index (χ4n) is 0.973. The molecule has 0 aliphatic heterocycles. The van der Waals surface area contributed by atoms with Crippen LogP contribution in [-0.4, -0.2) is 9.97 Å². The van der Waals surface area contributed by atoms with Crippen LogP contribution in [0.15, 0.2) is 52.8 Å². The monoisotopic (exact) mass is 203 g/mol. The molecule has 1 heterocycles. The zero-order chi connectivity index (χ0) is 9.80. The van der Waals surface area contributed by atoms with E-state index in [0.29, 0.717) is 10.8 Å². The highest BCUT2D eigenvalue weighted by Gasteiger charge is 1.98. The van der Waals surface area contributed by atoms with E-state index in [2.05, 4.69) is 9.97 Å². The lowest BCUT2D eigenvalue weighted by Crippen LogP contribution is -1.90. The summed E-state index contributed by atoms with van der Waals surface area (Å²) in [6, 6.07) is 9.99. The van der Waals surface area contributed by atoms with Crippen LogP contribution in [0.1, 0.15) is 0 Å². The molecule has 2 rings (SSSR count). The van der Waals surface area contributed by atoms with Crippen LogP contribution in [0.25, 0.3) is 0 Å². The second-order valence-corrected chi connectivity index (χ2v) is 3.75. The van der Waals surface area contributed by atoms with Gasteiger partial charge in [-0.2, -0.15) is 0 Å². The van der Waals surface area contributed by atoms with Gasteiger partial charge in [0.15, 0.2) is 5.16 Å². The van der Waals surface area contributed by atoms with Crippen molar-refractivity contribution in [3.05, 3.63) is 42.7 Å². The van der Waals surface area contributed by atoms with Gasteiger partial charge in [0, 0.05) is 4.90 Å². The maximum absolute atomic E-state index is 5.49. The Labute approximate surface area is 86.4 Å². The number of nitrogens with zero attached hydrogens (tertiary/aromatic N) is 2. The van der Waals surface area contributed by atoms with E-state index in [0.717, 1.165) is 4.90 Å². The quantitative estimate of drug-likeness (QED) is 0.760. The lowest BCUT2D eigenvalue weighted by molar-refractivity contribution is 0.971. The van der Waals surface area contributed by atoms with Gasteiger partial charge >= 0.3 is 0 Å². The van der Waals surface area contributed by atoms with Crippen LogP contribution in [0.3, 0.4) is 0 Å². The molecule has 0 aliphatic rings. The standard InChI is InChI=1S/C10H9N3S/c11-8-6-12-10(13-7-8)14-9-4-2-1-3-5-9/h1-7H,11H2. The number of hydrogen-bond acceptors (Lipinski definition) is 4. The summed E-state index contributed by atoms with van der Waals surface area (Å²) in [6.07, 6.45) is 3.22. The molecule has 2 aromatic rings. The second kappa shape index (κ2) is 4.11. The van der Waals surface area contributed by atoms with Crippen LogP contribution in [0.5, 0.6) is 0 Å². The van der Waals surface area contributed by atoms with Crippen molar-refractivity contribution in [3.63, 3.8) is 0 Å². The zero-order valence-electron chi connectivity index (χ0n) is 7.42. The van der Waals surface area contributed by atoms with Crippen molar-refractivity contribution in [2.24, 2.45) is 0 Å². The summed E-state index contributed by atoms with van der Waals surface area (Å²) >= 11 is 1.52. The molecule has 70 valence electrons. The minimum Gasteiger partial charge on any atom is -0.396 e. The number of aromatic nitrogens is 2. The van der Waals surface area contributed by atoms with Gasteiger partial charge in [0.1, 0.15) is 0 Å². The molecule has 3 nitrogen and oxygen atoms in total. The van der Waals surface area contributed by atoms with Crippen LogP contribution >= 0.6 is 11.8 Å². The highest BCUT2D eigenvalue weighted by molar-refractivity contribution is 7.99. The van der Waals surface area contributed by atoms with E-state index in [9.17, 15) is 0 Å². The average Bonchev–Trinajstić information content (AvgIpc) is 2.23. The van der Waals surface area contributed by atoms with E-state index >= 15 is 0 Å². The number of nitrogen functional groups attached to an aromatic ring is 1. The summed E-state index contributed by atoms with van der Waals surface area (Å²) in [7, 11) is 0. The minimum atomic E-state index is 0.586. The molecule has 0 radical (unpaired) electrons. The van der Waals surface area contributed by atoms with E-state index in [1.54, 1.807) is 12.4 Å². The van der Waals surface area contributed by atoms with Crippen molar-refractivity contribution in [1.29, 1.82) is 0 Å². The van der Waals surface area contributed by atoms with Gasteiger partial charge in [-0.15, -0.1) is 0 Å². The third-order valence-electron chi connectivity index (χ3n) is 1.60. The SMILES string of the molecule is Nc1cnc(Sc2ccccc2)nc1. The highest BCUT2D eigenvalue weighted by Crippen LogP contribution is 2.23. The Balaban J connectivity index is 2.16. The van der Waals surface area contributed by atoms with Crippen molar-refractivity contribution in [2.45, 2.75) is 10.1 Å². The molecule has 0 spiro atoms. The van der Waals surface area contributed by atoms with Crippen molar-refractivity contribution < 1.29 is 0 Å². The molecule has 0 aliphatic carbocycles. The first kappa shape index (κ1) is 9.02. The molecule has 4 heteroatoms. The largest absolute Gasteiger partial charge is 0.396 e. The summed E-state index contributed by atoms with van der Waals surface area (Å²) in [5.74, 6) is 0. The van der Waals surface area contributed by atoms with E-state index in [1.165, 1.54) is 11.8 Å². The van der Waals surface area contributed by atoms with Crippen LogP contribution < -0.4 is 5.73 Å². The maximum atomic E-state index is 5.49. The zero-order valence-corrected chi connectivity index (χ0v) is 8.24. The first-order valence-electron chi connectivity index (χ1n) is 4.15. The number of benzene rings is 1. The molecule has 0 fully saturated rings. The number of nitrogens with two attached hydrogens (primary N) is 1. The normalized spacial score (nSPS) is 10.0. The topological polar surface area (TPSA) is 51.8 Å². The number of anilines is 1. The Morgan fingerprint density at radius 1 is 1.00 bits per heavy atom. The Bertz CT molecular complexity index is 399. The smallest absolute Gasteiger partial charge is 0.192 e. The second-order valence-electron chi connectivity index (χ2n) is 2.71. The van der Waals surface area contributed by atoms with Crippen molar-refractivity contribution in [1.82, 2.24) is 9.97 Å². The molecule has 0 unspecified atom stereocenters. The van der Waals surface area contributed by atoms with Crippen LogP contribution in [0, 0.1) is 0 Å². The summed E-state index contributed by atoms with van der Waals surface area (Å²) in [4.78, 5) is 9.32. The maximum Gasteiger partial charge on any atom is 0.192 e. The van der Waals surface area contributed by atoms with Crippen LogP contribution in [0.4, 0.5) is 5.69 Å². The van der Waals surface area contributed by atoms with Gasteiger partial charge in [-0.25, -0.2) is 9.97 Å². The first-order valence-corrected chi connectivity index (χ1v) is 4.97. The summed E-state index contributed by atoms with van der Waals surface area (Å²) in [5.41, 5.74) is 6.07. The lowest BCUT2D eigenvalue weighted by atomic mass is 10.4. The van der Waals surface area contributed by atoms with Crippen molar-refractivity contribution in [2.75, 3.05) is 5.73 Å².